The highest BCUT2D eigenvalue weighted by Gasteiger charge is 2.16. The van der Waals surface area contributed by atoms with Crippen molar-refractivity contribution in [3.8, 4) is 23.0 Å². The van der Waals surface area contributed by atoms with E-state index in [-0.39, 0.29) is 5.91 Å². The predicted molar refractivity (Wildman–Crippen MR) is 126 cm³/mol. The van der Waals surface area contributed by atoms with Gasteiger partial charge in [0.25, 0.3) is 5.91 Å². The van der Waals surface area contributed by atoms with Crippen LogP contribution in [0, 0.1) is 0 Å². The maximum Gasteiger partial charge on any atom is 0.271 e. The van der Waals surface area contributed by atoms with Crippen LogP contribution >= 0.6 is 0 Å². The lowest BCUT2D eigenvalue weighted by molar-refractivity contribution is 0.0954. The number of rotatable bonds is 14. The van der Waals surface area contributed by atoms with Gasteiger partial charge in [-0.1, -0.05) is 39.0 Å². The molecule has 0 fully saturated rings. The summed E-state index contributed by atoms with van der Waals surface area (Å²) in [6.07, 6.45) is 9.01. The molecule has 1 amide bonds. The van der Waals surface area contributed by atoms with Crippen LogP contribution in [0.4, 0.5) is 0 Å². The Balaban J connectivity index is 1.84. The molecule has 2 rings (SSSR count). The van der Waals surface area contributed by atoms with Gasteiger partial charge in [0, 0.05) is 5.56 Å². The first-order valence-corrected chi connectivity index (χ1v) is 11.0. The van der Waals surface area contributed by atoms with Gasteiger partial charge in [0.05, 0.1) is 34.2 Å². The van der Waals surface area contributed by atoms with Crippen molar-refractivity contribution >= 4 is 12.1 Å². The SMILES string of the molecule is CCCCCCCCOc1ccc(/C=N/NC(=O)c2cc(OC)c(OC)c(OC)c2)cc1. The molecule has 0 heterocycles. The van der Waals surface area contributed by atoms with E-state index in [0.29, 0.717) is 22.8 Å². The summed E-state index contributed by atoms with van der Waals surface area (Å²) in [5.41, 5.74) is 3.70. The average Bonchev–Trinajstić information content (AvgIpc) is 2.83. The number of methoxy groups -OCH3 is 3. The largest absolute Gasteiger partial charge is 0.494 e. The molecular weight excluding hydrogens is 408 g/mol. The van der Waals surface area contributed by atoms with Gasteiger partial charge in [-0.3, -0.25) is 4.79 Å². The van der Waals surface area contributed by atoms with Crippen LogP contribution in [0.1, 0.15) is 61.4 Å². The molecule has 0 saturated heterocycles. The second-order valence-electron chi connectivity index (χ2n) is 7.30. The van der Waals surface area contributed by atoms with Crippen LogP contribution in [0.15, 0.2) is 41.5 Å². The number of hydrogen-bond donors (Lipinski definition) is 1. The Morgan fingerprint density at radius 3 is 2.12 bits per heavy atom. The average molecular weight is 443 g/mol. The molecule has 0 radical (unpaired) electrons. The molecule has 2 aromatic rings. The minimum Gasteiger partial charge on any atom is -0.494 e. The van der Waals surface area contributed by atoms with Gasteiger partial charge in [0.15, 0.2) is 11.5 Å². The highest BCUT2D eigenvalue weighted by Crippen LogP contribution is 2.38. The number of unbranched alkanes of at least 4 members (excludes halogenated alkanes) is 5. The maximum atomic E-state index is 12.5. The number of benzene rings is 2. The maximum absolute atomic E-state index is 12.5. The van der Waals surface area contributed by atoms with E-state index < -0.39 is 0 Å². The fourth-order valence-electron chi connectivity index (χ4n) is 3.16. The Hall–Kier alpha value is -3.22. The first kappa shape index (κ1) is 25.0. The summed E-state index contributed by atoms with van der Waals surface area (Å²) in [4.78, 5) is 12.5. The third-order valence-corrected chi connectivity index (χ3v) is 4.95. The van der Waals surface area contributed by atoms with Gasteiger partial charge in [0.1, 0.15) is 5.75 Å². The number of nitrogens with zero attached hydrogens (tertiary/aromatic N) is 1. The molecule has 7 heteroatoms. The van der Waals surface area contributed by atoms with Crippen molar-refractivity contribution < 1.29 is 23.7 Å². The zero-order chi connectivity index (χ0) is 23.2. The highest BCUT2D eigenvalue weighted by atomic mass is 16.5. The Labute approximate surface area is 190 Å². The van der Waals surface area contributed by atoms with Crippen LogP contribution < -0.4 is 24.4 Å². The van der Waals surface area contributed by atoms with Gasteiger partial charge < -0.3 is 18.9 Å². The molecule has 32 heavy (non-hydrogen) atoms. The molecule has 0 aromatic heterocycles. The standard InChI is InChI=1S/C25H34N2O5/c1-5-6-7-8-9-10-15-32-21-13-11-19(12-14-21)18-26-27-25(28)20-16-22(29-2)24(31-4)23(17-20)30-3/h11-14,16-18H,5-10,15H2,1-4H3,(H,27,28)/b26-18+. The van der Waals surface area contributed by atoms with Crippen LogP contribution in [0.3, 0.4) is 0 Å². The smallest absolute Gasteiger partial charge is 0.271 e. The summed E-state index contributed by atoms with van der Waals surface area (Å²) < 4.78 is 21.6. The number of ether oxygens (including phenoxy) is 4. The predicted octanol–water partition coefficient (Wildman–Crippen LogP) is 5.22. The molecule has 0 spiro atoms. The fourth-order valence-corrected chi connectivity index (χ4v) is 3.16. The molecule has 0 aliphatic rings. The fraction of sp³-hybridized carbons (Fsp3) is 0.440. The van der Waals surface area contributed by atoms with Crippen LogP contribution in [0.5, 0.6) is 23.0 Å². The van der Waals surface area contributed by atoms with Gasteiger partial charge in [-0.2, -0.15) is 5.10 Å². The lowest BCUT2D eigenvalue weighted by Crippen LogP contribution is -2.18. The van der Waals surface area contributed by atoms with Crippen molar-refractivity contribution in [1.29, 1.82) is 0 Å². The normalized spacial score (nSPS) is 10.8. The number of nitrogens with one attached hydrogen (secondary N) is 1. The summed E-state index contributed by atoms with van der Waals surface area (Å²) in [7, 11) is 4.51. The molecule has 174 valence electrons. The molecule has 1 N–H and O–H groups in total. The molecular formula is C25H34N2O5. The molecule has 7 nitrogen and oxygen atoms in total. The third-order valence-electron chi connectivity index (χ3n) is 4.95. The van der Waals surface area contributed by atoms with E-state index in [2.05, 4.69) is 17.5 Å². The van der Waals surface area contributed by atoms with Gasteiger partial charge >= 0.3 is 0 Å². The minimum absolute atomic E-state index is 0.343. The first-order chi connectivity index (χ1) is 15.6. The topological polar surface area (TPSA) is 78.4 Å². The van der Waals surface area contributed by atoms with E-state index in [4.69, 9.17) is 18.9 Å². The summed E-state index contributed by atoms with van der Waals surface area (Å²) in [5, 5.41) is 4.03. The van der Waals surface area contributed by atoms with E-state index in [1.807, 2.05) is 24.3 Å². The number of carbonyl (C=O) groups is 1. The third kappa shape index (κ3) is 7.80. The van der Waals surface area contributed by atoms with E-state index in [9.17, 15) is 4.79 Å². The van der Waals surface area contributed by atoms with Crippen molar-refractivity contribution in [3.63, 3.8) is 0 Å². The van der Waals surface area contributed by atoms with Crippen molar-refractivity contribution in [2.75, 3.05) is 27.9 Å². The van der Waals surface area contributed by atoms with Crippen molar-refractivity contribution in [2.45, 2.75) is 45.4 Å². The molecule has 2 aromatic carbocycles. The quantitative estimate of drug-likeness (QED) is 0.247. The molecule has 0 bridgehead atoms. The van der Waals surface area contributed by atoms with Gasteiger partial charge in [-0.15, -0.1) is 0 Å². The lowest BCUT2D eigenvalue weighted by Gasteiger charge is -2.13. The molecule has 0 aliphatic heterocycles. The minimum atomic E-state index is -0.389. The van der Waals surface area contributed by atoms with Gasteiger partial charge in [-0.05, 0) is 48.4 Å². The van der Waals surface area contributed by atoms with Crippen LogP contribution in [0.25, 0.3) is 0 Å². The van der Waals surface area contributed by atoms with Crippen molar-refractivity contribution in [2.24, 2.45) is 5.10 Å². The second kappa shape index (κ2) is 14.0. The summed E-state index contributed by atoms with van der Waals surface area (Å²) in [6.45, 7) is 2.95. The molecule has 0 aliphatic carbocycles. The Morgan fingerprint density at radius 2 is 1.53 bits per heavy atom. The van der Waals surface area contributed by atoms with Crippen LogP contribution in [0.2, 0.25) is 0 Å². The molecule has 0 atom stereocenters. The summed E-state index contributed by atoms with van der Waals surface area (Å²) >= 11 is 0. The monoisotopic (exact) mass is 442 g/mol. The number of hydrogen-bond acceptors (Lipinski definition) is 6. The second-order valence-corrected chi connectivity index (χ2v) is 7.30. The summed E-state index contributed by atoms with van der Waals surface area (Å²) in [6, 6.07) is 10.7. The Morgan fingerprint density at radius 1 is 0.906 bits per heavy atom. The number of hydrazone groups is 1. The molecule has 0 unspecified atom stereocenters. The van der Waals surface area contributed by atoms with Crippen LogP contribution in [-0.2, 0) is 0 Å². The van der Waals surface area contributed by atoms with E-state index in [0.717, 1.165) is 24.3 Å². The van der Waals surface area contributed by atoms with E-state index in [1.54, 1.807) is 18.3 Å². The van der Waals surface area contributed by atoms with E-state index in [1.165, 1.54) is 53.4 Å². The van der Waals surface area contributed by atoms with Crippen molar-refractivity contribution in [3.05, 3.63) is 47.5 Å². The number of carbonyl (C=O) groups excluding carboxylic acids is 1. The zero-order valence-electron chi connectivity index (χ0n) is 19.5. The lowest BCUT2D eigenvalue weighted by atomic mass is 10.1. The van der Waals surface area contributed by atoms with Crippen LogP contribution in [-0.4, -0.2) is 40.1 Å². The Bertz CT molecular complexity index is 840. The van der Waals surface area contributed by atoms with E-state index >= 15 is 0 Å². The zero-order valence-corrected chi connectivity index (χ0v) is 19.5. The first-order valence-electron chi connectivity index (χ1n) is 11.0. The molecule has 0 saturated carbocycles. The highest BCUT2D eigenvalue weighted by molar-refractivity contribution is 5.96. The van der Waals surface area contributed by atoms with Gasteiger partial charge in [0.2, 0.25) is 5.75 Å². The Kier molecular flexibility index (Phi) is 10.9. The van der Waals surface area contributed by atoms with Gasteiger partial charge in [-0.25, -0.2) is 5.43 Å². The van der Waals surface area contributed by atoms with Crippen molar-refractivity contribution in [1.82, 2.24) is 5.43 Å². The number of amides is 1. The summed E-state index contributed by atoms with van der Waals surface area (Å²) in [5.74, 6) is 1.67.